The van der Waals surface area contributed by atoms with Gasteiger partial charge in [-0.3, -0.25) is 18.8 Å². The molecule has 2 fully saturated rings. The van der Waals surface area contributed by atoms with Gasteiger partial charge < -0.3 is 10.1 Å². The molecule has 0 aliphatic carbocycles. The van der Waals surface area contributed by atoms with Gasteiger partial charge in [0.15, 0.2) is 5.78 Å². The topological polar surface area (TPSA) is 99.3 Å². The summed E-state index contributed by atoms with van der Waals surface area (Å²) in [6, 6.07) is 12.1. The second-order valence-corrected chi connectivity index (χ2v) is 10.6. The van der Waals surface area contributed by atoms with Crippen LogP contribution in [0.15, 0.2) is 48.5 Å². The number of ether oxygens (including phenoxy) is 1. The largest absolute Gasteiger partial charge is 0.378 e. The first-order valence-electron chi connectivity index (χ1n) is 11.7. The number of rotatable bonds is 10. The quantitative estimate of drug-likeness (QED) is 0.461. The van der Waals surface area contributed by atoms with Crippen LogP contribution in [0.25, 0.3) is 0 Å². The Bertz CT molecular complexity index is 1220. The standard InChI is InChI=1S/C24H27F3N4O5S/c25-21-12-17(22(32)13-28-24(33)23(26)27)6-7-18(21)14-31(19-4-2-1-3-5-19)37(34,35)30-10-8-29(9-11-30)20-15-36-16-20/h1-7,12,20,23H,8-11,13-16H2,(H,28,33). The van der Waals surface area contributed by atoms with E-state index in [1.54, 1.807) is 35.6 Å². The normalized spacial score (nSPS) is 17.4. The molecule has 0 radical (unpaired) electrons. The molecular formula is C24H27F3N4O5S. The number of halogens is 3. The average Bonchev–Trinajstić information content (AvgIpc) is 2.86. The number of para-hydroxylation sites is 1. The predicted molar refractivity (Wildman–Crippen MR) is 129 cm³/mol. The number of hydrogen-bond acceptors (Lipinski definition) is 6. The minimum absolute atomic E-state index is 0.0193. The van der Waals surface area contributed by atoms with Crippen LogP contribution in [0.2, 0.25) is 0 Å². The van der Waals surface area contributed by atoms with E-state index in [9.17, 15) is 26.8 Å². The number of benzene rings is 2. The minimum Gasteiger partial charge on any atom is -0.378 e. The molecule has 9 nitrogen and oxygen atoms in total. The maximum Gasteiger partial charge on any atom is 0.315 e. The number of nitrogens with one attached hydrogen (secondary N) is 1. The van der Waals surface area contributed by atoms with Crippen molar-refractivity contribution in [3.63, 3.8) is 0 Å². The number of nitrogens with zero attached hydrogens (tertiary/aromatic N) is 3. The lowest BCUT2D eigenvalue weighted by Gasteiger charge is -2.43. The molecule has 37 heavy (non-hydrogen) atoms. The van der Waals surface area contributed by atoms with Crippen molar-refractivity contribution in [2.24, 2.45) is 0 Å². The van der Waals surface area contributed by atoms with Crippen LogP contribution in [0.5, 0.6) is 0 Å². The second-order valence-electron chi connectivity index (χ2n) is 8.72. The third kappa shape index (κ3) is 6.29. The molecule has 0 spiro atoms. The van der Waals surface area contributed by atoms with Gasteiger partial charge in [-0.25, -0.2) is 4.39 Å². The molecule has 2 aromatic rings. The Labute approximate surface area is 213 Å². The van der Waals surface area contributed by atoms with Crippen LogP contribution >= 0.6 is 0 Å². The first-order valence-corrected chi connectivity index (χ1v) is 13.1. The predicted octanol–water partition coefficient (Wildman–Crippen LogP) is 1.66. The zero-order chi connectivity index (χ0) is 26.6. The Morgan fingerprint density at radius 2 is 1.73 bits per heavy atom. The number of alkyl halides is 2. The fourth-order valence-corrected chi connectivity index (χ4v) is 5.72. The fraction of sp³-hybridized carbons (Fsp3) is 0.417. The second kappa shape index (κ2) is 11.6. The molecule has 200 valence electrons. The molecule has 2 heterocycles. The van der Waals surface area contributed by atoms with Crippen molar-refractivity contribution in [1.82, 2.24) is 14.5 Å². The summed E-state index contributed by atoms with van der Waals surface area (Å²) < 4.78 is 74.7. The van der Waals surface area contributed by atoms with Gasteiger partial charge >= 0.3 is 16.6 Å². The zero-order valence-corrected chi connectivity index (χ0v) is 20.7. The van der Waals surface area contributed by atoms with E-state index in [0.717, 1.165) is 10.4 Å². The van der Waals surface area contributed by atoms with Crippen LogP contribution in [0.4, 0.5) is 18.9 Å². The molecule has 4 rings (SSSR count). The molecule has 13 heteroatoms. The molecule has 2 aliphatic heterocycles. The molecule has 0 unspecified atom stereocenters. The SMILES string of the molecule is O=C(CNC(=O)C(F)F)c1ccc(CN(c2ccccc2)S(=O)(=O)N2CCN(C3COC3)CC2)c(F)c1. The van der Waals surface area contributed by atoms with Crippen molar-refractivity contribution in [3.8, 4) is 0 Å². The lowest BCUT2D eigenvalue weighted by molar-refractivity contribution is -0.131. The Balaban J connectivity index is 1.51. The number of carbonyl (C=O) groups is 2. The summed E-state index contributed by atoms with van der Waals surface area (Å²) in [5.41, 5.74) is 0.235. The maximum atomic E-state index is 15.0. The summed E-state index contributed by atoms with van der Waals surface area (Å²) in [6.45, 7) is 1.91. The van der Waals surface area contributed by atoms with Crippen molar-refractivity contribution in [2.75, 3.05) is 50.2 Å². The van der Waals surface area contributed by atoms with Gasteiger partial charge in [-0.1, -0.05) is 30.3 Å². The first kappa shape index (κ1) is 27.0. The lowest BCUT2D eigenvalue weighted by atomic mass is 10.1. The Hall–Kier alpha value is -3.00. The highest BCUT2D eigenvalue weighted by atomic mass is 32.2. The molecule has 0 atom stereocenters. The molecule has 2 aliphatic rings. The van der Waals surface area contributed by atoms with E-state index < -0.39 is 40.7 Å². The number of piperazine rings is 1. The van der Waals surface area contributed by atoms with Gasteiger partial charge in [0.1, 0.15) is 5.82 Å². The highest BCUT2D eigenvalue weighted by molar-refractivity contribution is 7.90. The molecule has 0 aromatic heterocycles. The van der Waals surface area contributed by atoms with Crippen LogP contribution in [-0.2, 0) is 26.3 Å². The highest BCUT2D eigenvalue weighted by Gasteiger charge is 2.36. The number of carbonyl (C=O) groups excluding carboxylic acids is 2. The first-order chi connectivity index (χ1) is 17.7. The Morgan fingerprint density at radius 1 is 1.05 bits per heavy atom. The van der Waals surface area contributed by atoms with Crippen molar-refractivity contribution in [2.45, 2.75) is 19.0 Å². The smallest absolute Gasteiger partial charge is 0.315 e. The number of ketones is 1. The van der Waals surface area contributed by atoms with E-state index in [-0.39, 0.29) is 30.8 Å². The van der Waals surface area contributed by atoms with E-state index in [0.29, 0.717) is 38.0 Å². The average molecular weight is 541 g/mol. The monoisotopic (exact) mass is 540 g/mol. The van der Waals surface area contributed by atoms with Crippen LogP contribution in [0, 0.1) is 5.82 Å². The number of amides is 1. The van der Waals surface area contributed by atoms with Gasteiger partial charge in [0, 0.05) is 37.3 Å². The molecule has 0 bridgehead atoms. The van der Waals surface area contributed by atoms with E-state index in [2.05, 4.69) is 4.90 Å². The summed E-state index contributed by atoms with van der Waals surface area (Å²) in [7, 11) is -4.03. The molecule has 0 saturated carbocycles. The van der Waals surface area contributed by atoms with Crippen LogP contribution in [-0.4, -0.2) is 87.7 Å². The maximum absolute atomic E-state index is 15.0. The molecule has 1 N–H and O–H groups in total. The van der Waals surface area contributed by atoms with Crippen LogP contribution in [0.3, 0.4) is 0 Å². The van der Waals surface area contributed by atoms with Gasteiger partial charge in [-0.15, -0.1) is 0 Å². The Kier molecular flexibility index (Phi) is 8.47. The number of hydrogen-bond donors (Lipinski definition) is 1. The highest BCUT2D eigenvalue weighted by Crippen LogP contribution is 2.26. The molecule has 2 saturated heterocycles. The number of anilines is 1. The molecular weight excluding hydrogens is 513 g/mol. The number of Topliss-reactive ketones (excluding diaryl/α,β-unsaturated/α-hetero) is 1. The summed E-state index contributed by atoms with van der Waals surface area (Å²) in [5.74, 6) is -3.20. The molecule has 1 amide bonds. The third-order valence-electron chi connectivity index (χ3n) is 6.37. The summed E-state index contributed by atoms with van der Waals surface area (Å²) >= 11 is 0. The van der Waals surface area contributed by atoms with Crippen molar-refractivity contribution >= 4 is 27.6 Å². The lowest BCUT2D eigenvalue weighted by Crippen LogP contribution is -2.59. The fourth-order valence-electron chi connectivity index (χ4n) is 4.12. The van der Waals surface area contributed by atoms with Gasteiger partial charge in [0.2, 0.25) is 0 Å². The van der Waals surface area contributed by atoms with E-state index >= 15 is 4.39 Å². The summed E-state index contributed by atoms with van der Waals surface area (Å²) in [4.78, 5) is 25.4. The Morgan fingerprint density at radius 3 is 2.30 bits per heavy atom. The van der Waals surface area contributed by atoms with Crippen LogP contribution in [0.1, 0.15) is 15.9 Å². The van der Waals surface area contributed by atoms with Gasteiger partial charge in [0.25, 0.3) is 5.91 Å². The minimum atomic E-state index is -4.03. The third-order valence-corrected chi connectivity index (χ3v) is 8.28. The van der Waals surface area contributed by atoms with Crippen LogP contribution < -0.4 is 9.62 Å². The van der Waals surface area contributed by atoms with E-state index in [4.69, 9.17) is 4.74 Å². The van der Waals surface area contributed by atoms with Crippen molar-refractivity contribution in [1.29, 1.82) is 0 Å². The van der Waals surface area contributed by atoms with E-state index in [1.807, 2.05) is 0 Å². The van der Waals surface area contributed by atoms with Gasteiger partial charge in [-0.05, 0) is 18.2 Å². The van der Waals surface area contributed by atoms with Gasteiger partial charge in [0.05, 0.1) is 38.0 Å². The van der Waals surface area contributed by atoms with Crippen molar-refractivity contribution < 1.29 is 35.9 Å². The summed E-state index contributed by atoms with van der Waals surface area (Å²) in [6.07, 6.45) is -3.27. The molecule has 2 aromatic carbocycles. The van der Waals surface area contributed by atoms with Crippen molar-refractivity contribution in [3.05, 3.63) is 65.5 Å². The zero-order valence-electron chi connectivity index (χ0n) is 19.9. The van der Waals surface area contributed by atoms with E-state index in [1.165, 1.54) is 16.4 Å². The van der Waals surface area contributed by atoms with Gasteiger partial charge in [-0.2, -0.15) is 21.5 Å². The summed E-state index contributed by atoms with van der Waals surface area (Å²) in [5, 5.41) is 1.78.